The number of rotatable bonds is 7. The van der Waals surface area contributed by atoms with Crippen molar-refractivity contribution in [3.8, 4) is 0 Å². The first kappa shape index (κ1) is 18.6. The molecule has 0 amide bonds. The highest BCUT2D eigenvalue weighted by Gasteiger charge is 2.35. The Morgan fingerprint density at radius 3 is 2.79 bits per heavy atom. The highest BCUT2D eigenvalue weighted by Crippen LogP contribution is 2.38. The fraction of sp³-hybridized carbons (Fsp3) is 0.375. The molecular formula is C24H26N2O2. The van der Waals surface area contributed by atoms with Crippen LogP contribution in [0.25, 0.3) is 0 Å². The summed E-state index contributed by atoms with van der Waals surface area (Å²) in [5.74, 6) is 1.67. The molecule has 0 fully saturated rings. The Bertz CT molecular complexity index is 877. The van der Waals surface area contributed by atoms with E-state index in [0.717, 1.165) is 43.4 Å². The number of Topliss-reactive ketones (excluding diaryl/α,β-unsaturated/α-hetero) is 1. The number of hydrogen-bond acceptors (Lipinski definition) is 4. The van der Waals surface area contributed by atoms with Gasteiger partial charge in [0, 0.05) is 36.5 Å². The molecule has 4 heteroatoms. The Morgan fingerprint density at radius 1 is 1.14 bits per heavy atom. The molecule has 0 spiro atoms. The third-order valence-corrected chi connectivity index (χ3v) is 5.69. The SMILES string of the molecule is CC(=O)C1=CC=CC(C2C=NC3OC(CCCCc4ccncc4)=CC=C32)C1. The third-order valence-electron chi connectivity index (χ3n) is 5.69. The van der Waals surface area contributed by atoms with E-state index in [1.807, 2.05) is 30.8 Å². The van der Waals surface area contributed by atoms with Crippen molar-refractivity contribution in [3.05, 3.63) is 77.4 Å². The van der Waals surface area contributed by atoms with Gasteiger partial charge in [0.15, 0.2) is 5.78 Å². The molecule has 0 bridgehead atoms. The van der Waals surface area contributed by atoms with E-state index in [1.54, 1.807) is 6.92 Å². The van der Waals surface area contributed by atoms with E-state index in [4.69, 9.17) is 4.74 Å². The van der Waals surface area contributed by atoms with Crippen molar-refractivity contribution in [2.75, 3.05) is 0 Å². The standard InChI is InChI=1S/C24H26N2O2/c1-17(27)19-6-4-7-20(15-19)23-16-26-24-22(23)10-9-21(28-24)8-3-2-5-18-11-13-25-14-12-18/h4,6-7,9-14,16,20,23-24H,2-3,5,8,15H2,1H3. The minimum absolute atomic E-state index is 0.156. The van der Waals surface area contributed by atoms with Gasteiger partial charge in [-0.05, 0) is 67.9 Å². The second-order valence-electron chi connectivity index (χ2n) is 7.66. The van der Waals surface area contributed by atoms with Crippen LogP contribution >= 0.6 is 0 Å². The van der Waals surface area contributed by atoms with Crippen LogP contribution in [0.2, 0.25) is 0 Å². The second kappa shape index (κ2) is 8.51. The molecule has 4 rings (SSSR count). The minimum Gasteiger partial charge on any atom is -0.469 e. The lowest BCUT2D eigenvalue weighted by Gasteiger charge is -2.27. The number of carbonyl (C=O) groups excluding carboxylic acids is 1. The minimum atomic E-state index is -0.190. The molecule has 2 aliphatic heterocycles. The van der Waals surface area contributed by atoms with E-state index in [-0.39, 0.29) is 23.8 Å². The maximum Gasteiger partial charge on any atom is 0.211 e. The summed E-state index contributed by atoms with van der Waals surface area (Å²) in [6.07, 6.45) is 20.9. The summed E-state index contributed by atoms with van der Waals surface area (Å²) in [6.45, 7) is 1.64. The van der Waals surface area contributed by atoms with Crippen molar-refractivity contribution in [3.63, 3.8) is 0 Å². The van der Waals surface area contributed by atoms with Gasteiger partial charge in [-0.3, -0.25) is 14.8 Å². The zero-order valence-electron chi connectivity index (χ0n) is 16.3. The molecule has 3 atom stereocenters. The van der Waals surface area contributed by atoms with Gasteiger partial charge in [0.25, 0.3) is 0 Å². The Hall–Kier alpha value is -2.75. The highest BCUT2D eigenvalue weighted by atomic mass is 16.5. The van der Waals surface area contributed by atoms with Crippen molar-refractivity contribution in [1.29, 1.82) is 0 Å². The molecule has 0 N–H and O–H groups in total. The van der Waals surface area contributed by atoms with Crippen LogP contribution in [0.1, 0.15) is 38.2 Å². The fourth-order valence-corrected chi connectivity index (χ4v) is 4.06. The van der Waals surface area contributed by atoms with Gasteiger partial charge in [-0.2, -0.15) is 0 Å². The number of pyridine rings is 1. The quantitative estimate of drug-likeness (QED) is 0.647. The van der Waals surface area contributed by atoms with E-state index in [9.17, 15) is 4.79 Å². The highest BCUT2D eigenvalue weighted by molar-refractivity contribution is 5.94. The normalized spacial score (nSPS) is 25.5. The topological polar surface area (TPSA) is 51.5 Å². The Morgan fingerprint density at radius 2 is 1.96 bits per heavy atom. The van der Waals surface area contributed by atoms with Crippen LogP contribution in [0.15, 0.2) is 76.8 Å². The van der Waals surface area contributed by atoms with Crippen LogP contribution in [-0.2, 0) is 16.0 Å². The van der Waals surface area contributed by atoms with Gasteiger partial charge in [-0.15, -0.1) is 0 Å². The number of carbonyl (C=O) groups is 1. The number of hydrogen-bond donors (Lipinski definition) is 0. The number of aliphatic imine (C=N–C) groups is 1. The molecule has 0 radical (unpaired) electrons. The predicted molar refractivity (Wildman–Crippen MR) is 111 cm³/mol. The predicted octanol–water partition coefficient (Wildman–Crippen LogP) is 4.75. The molecule has 3 aliphatic rings. The molecule has 144 valence electrons. The van der Waals surface area contributed by atoms with E-state index in [1.165, 1.54) is 11.1 Å². The van der Waals surface area contributed by atoms with Gasteiger partial charge < -0.3 is 4.74 Å². The number of unbranched alkanes of at least 4 members (excludes halogenated alkanes) is 1. The average molecular weight is 374 g/mol. The van der Waals surface area contributed by atoms with E-state index in [2.05, 4.69) is 40.3 Å². The zero-order chi connectivity index (χ0) is 19.3. The smallest absolute Gasteiger partial charge is 0.211 e. The van der Waals surface area contributed by atoms with Gasteiger partial charge in [-0.1, -0.05) is 24.3 Å². The molecule has 4 nitrogen and oxygen atoms in total. The molecule has 3 heterocycles. The summed E-state index contributed by atoms with van der Waals surface area (Å²) < 4.78 is 6.14. The molecule has 28 heavy (non-hydrogen) atoms. The van der Waals surface area contributed by atoms with E-state index in [0.29, 0.717) is 0 Å². The van der Waals surface area contributed by atoms with Crippen molar-refractivity contribution in [2.24, 2.45) is 16.8 Å². The summed E-state index contributed by atoms with van der Waals surface area (Å²) in [4.78, 5) is 20.4. The molecular weight excluding hydrogens is 348 g/mol. The summed E-state index contributed by atoms with van der Waals surface area (Å²) >= 11 is 0. The van der Waals surface area contributed by atoms with Crippen molar-refractivity contribution in [1.82, 2.24) is 4.98 Å². The van der Waals surface area contributed by atoms with Gasteiger partial charge in [0.1, 0.15) is 0 Å². The molecule has 3 unspecified atom stereocenters. The summed E-state index contributed by atoms with van der Waals surface area (Å²) in [5.41, 5.74) is 3.44. The van der Waals surface area contributed by atoms with Crippen LogP contribution in [0.5, 0.6) is 0 Å². The first-order valence-corrected chi connectivity index (χ1v) is 10.1. The largest absolute Gasteiger partial charge is 0.469 e. The lowest BCUT2D eigenvalue weighted by molar-refractivity contribution is -0.113. The van der Waals surface area contributed by atoms with Crippen LogP contribution in [-0.4, -0.2) is 23.2 Å². The zero-order valence-corrected chi connectivity index (χ0v) is 16.3. The van der Waals surface area contributed by atoms with Crippen molar-refractivity contribution in [2.45, 2.75) is 45.3 Å². The summed E-state index contributed by atoms with van der Waals surface area (Å²) in [7, 11) is 0. The number of aryl methyl sites for hydroxylation is 1. The number of fused-ring (bicyclic) bond motifs is 1. The molecule has 0 saturated heterocycles. The van der Waals surface area contributed by atoms with Crippen LogP contribution in [0.4, 0.5) is 0 Å². The first-order chi connectivity index (χ1) is 13.7. The number of nitrogens with zero attached hydrogens (tertiary/aromatic N) is 2. The summed E-state index contributed by atoms with van der Waals surface area (Å²) in [5, 5.41) is 0. The molecule has 0 saturated carbocycles. The first-order valence-electron chi connectivity index (χ1n) is 10.1. The number of ether oxygens (including phenoxy) is 1. The maximum atomic E-state index is 11.7. The van der Waals surface area contributed by atoms with Gasteiger partial charge in [-0.25, -0.2) is 0 Å². The van der Waals surface area contributed by atoms with Gasteiger partial charge in [0.2, 0.25) is 6.23 Å². The average Bonchev–Trinajstić information content (AvgIpc) is 3.15. The molecule has 1 aromatic rings. The Balaban J connectivity index is 1.32. The Labute approximate surface area is 166 Å². The molecule has 0 aromatic carbocycles. The lowest BCUT2D eigenvalue weighted by atomic mass is 9.79. The summed E-state index contributed by atoms with van der Waals surface area (Å²) in [6, 6.07) is 4.15. The van der Waals surface area contributed by atoms with Gasteiger partial charge >= 0.3 is 0 Å². The number of ketones is 1. The number of aromatic nitrogens is 1. The van der Waals surface area contributed by atoms with Gasteiger partial charge in [0.05, 0.1) is 5.76 Å². The molecule has 1 aliphatic carbocycles. The Kier molecular flexibility index (Phi) is 5.65. The third kappa shape index (κ3) is 4.22. The van der Waals surface area contributed by atoms with Crippen LogP contribution < -0.4 is 0 Å². The number of allylic oxidation sites excluding steroid dienone is 7. The second-order valence-corrected chi connectivity index (χ2v) is 7.66. The van der Waals surface area contributed by atoms with E-state index < -0.39 is 0 Å². The fourth-order valence-electron chi connectivity index (χ4n) is 4.06. The van der Waals surface area contributed by atoms with E-state index >= 15 is 0 Å². The van der Waals surface area contributed by atoms with Crippen LogP contribution in [0.3, 0.4) is 0 Å². The van der Waals surface area contributed by atoms with Crippen LogP contribution in [0, 0.1) is 11.8 Å². The monoisotopic (exact) mass is 374 g/mol. The maximum absolute atomic E-state index is 11.7. The lowest BCUT2D eigenvalue weighted by Crippen LogP contribution is -2.23. The molecule has 1 aromatic heterocycles. The van der Waals surface area contributed by atoms with Crippen molar-refractivity contribution < 1.29 is 9.53 Å². The van der Waals surface area contributed by atoms with Crippen molar-refractivity contribution >= 4 is 12.0 Å².